The highest BCUT2D eigenvalue weighted by Gasteiger charge is 2.12. The van der Waals surface area contributed by atoms with Gasteiger partial charge in [-0.15, -0.1) is 0 Å². The van der Waals surface area contributed by atoms with Gasteiger partial charge in [-0.2, -0.15) is 0 Å². The second-order valence-electron chi connectivity index (χ2n) is 4.60. The van der Waals surface area contributed by atoms with Crippen molar-refractivity contribution < 1.29 is 14.2 Å². The second-order valence-corrected chi connectivity index (χ2v) is 4.94. The molecule has 0 fully saturated rings. The van der Waals surface area contributed by atoms with Gasteiger partial charge in [-0.25, -0.2) is 9.97 Å². The van der Waals surface area contributed by atoms with Crippen LogP contribution in [0.5, 0.6) is 11.5 Å². The molecule has 0 spiro atoms. The topological polar surface area (TPSA) is 65.5 Å². The Kier molecular flexibility index (Phi) is 6.03. The zero-order valence-electron chi connectivity index (χ0n) is 13.0. The molecular formula is C15H20ClN3O3. The predicted molar refractivity (Wildman–Crippen MR) is 87.3 cm³/mol. The molecule has 0 bridgehead atoms. The minimum absolute atomic E-state index is 0.177. The molecule has 0 unspecified atom stereocenters. The molecule has 0 saturated heterocycles. The number of rotatable bonds is 8. The van der Waals surface area contributed by atoms with Crippen molar-refractivity contribution in [3.05, 3.63) is 17.4 Å². The number of nitrogens with one attached hydrogen (secondary N) is 1. The Labute approximate surface area is 134 Å². The first-order chi connectivity index (χ1) is 10.7. The van der Waals surface area contributed by atoms with Crippen LogP contribution in [0.25, 0.3) is 10.9 Å². The molecule has 2 aromatic rings. The average Bonchev–Trinajstić information content (AvgIpc) is 2.53. The Morgan fingerprint density at radius 2 is 1.82 bits per heavy atom. The van der Waals surface area contributed by atoms with E-state index in [0.29, 0.717) is 36.0 Å². The van der Waals surface area contributed by atoms with Gasteiger partial charge in [0.1, 0.15) is 5.82 Å². The standard InChI is InChI=1S/C15H20ClN3O3/c1-4-6-22-7-5-17-14-10-8-12(20-2)13(21-3)9-11(10)18-15(16)19-14/h8-9H,4-7H2,1-3H3,(H,17,18,19). The number of halogens is 1. The third-order valence-corrected chi connectivity index (χ3v) is 3.23. The van der Waals surface area contributed by atoms with Gasteiger partial charge in [-0.3, -0.25) is 0 Å². The van der Waals surface area contributed by atoms with Crippen LogP contribution in [0.2, 0.25) is 5.28 Å². The summed E-state index contributed by atoms with van der Waals surface area (Å²) in [7, 11) is 3.17. The summed E-state index contributed by atoms with van der Waals surface area (Å²) in [5, 5.41) is 4.21. The molecule has 7 heteroatoms. The number of fused-ring (bicyclic) bond motifs is 1. The highest BCUT2D eigenvalue weighted by Crippen LogP contribution is 2.34. The Morgan fingerprint density at radius 1 is 1.09 bits per heavy atom. The highest BCUT2D eigenvalue weighted by atomic mass is 35.5. The van der Waals surface area contributed by atoms with Crippen molar-refractivity contribution in [3.8, 4) is 11.5 Å². The third-order valence-electron chi connectivity index (χ3n) is 3.06. The zero-order chi connectivity index (χ0) is 15.9. The van der Waals surface area contributed by atoms with E-state index < -0.39 is 0 Å². The SMILES string of the molecule is CCCOCCNc1nc(Cl)nc2cc(OC)c(OC)cc12. The molecular weight excluding hydrogens is 306 g/mol. The summed E-state index contributed by atoms with van der Waals surface area (Å²) in [5.74, 6) is 1.87. The summed E-state index contributed by atoms with van der Waals surface area (Å²) in [6, 6.07) is 3.61. The van der Waals surface area contributed by atoms with E-state index in [9.17, 15) is 0 Å². The van der Waals surface area contributed by atoms with Crippen LogP contribution in [-0.2, 0) is 4.74 Å². The maximum Gasteiger partial charge on any atom is 0.224 e. The van der Waals surface area contributed by atoms with E-state index >= 15 is 0 Å². The first-order valence-corrected chi connectivity index (χ1v) is 7.48. The lowest BCUT2D eigenvalue weighted by Crippen LogP contribution is -2.11. The van der Waals surface area contributed by atoms with Gasteiger partial charge in [0.15, 0.2) is 11.5 Å². The smallest absolute Gasteiger partial charge is 0.224 e. The Hall–Kier alpha value is -1.79. The maximum absolute atomic E-state index is 5.99. The summed E-state index contributed by atoms with van der Waals surface area (Å²) in [5.41, 5.74) is 0.689. The van der Waals surface area contributed by atoms with Crippen LogP contribution >= 0.6 is 11.6 Å². The third kappa shape index (κ3) is 3.90. The van der Waals surface area contributed by atoms with E-state index in [1.54, 1.807) is 20.3 Å². The van der Waals surface area contributed by atoms with Crippen LogP contribution in [0.4, 0.5) is 5.82 Å². The number of anilines is 1. The van der Waals surface area contributed by atoms with Gasteiger partial charge in [0.05, 0.1) is 26.3 Å². The number of benzene rings is 1. The molecule has 0 radical (unpaired) electrons. The normalized spacial score (nSPS) is 10.7. The molecule has 120 valence electrons. The molecule has 0 aliphatic carbocycles. The number of methoxy groups -OCH3 is 2. The molecule has 1 aromatic heterocycles. The van der Waals surface area contributed by atoms with Gasteiger partial charge >= 0.3 is 0 Å². The van der Waals surface area contributed by atoms with Crippen molar-refractivity contribution in [2.75, 3.05) is 39.3 Å². The van der Waals surface area contributed by atoms with Crippen LogP contribution in [0.3, 0.4) is 0 Å². The van der Waals surface area contributed by atoms with Crippen LogP contribution in [0.15, 0.2) is 12.1 Å². The monoisotopic (exact) mass is 325 g/mol. The fourth-order valence-corrected chi connectivity index (χ4v) is 2.23. The molecule has 1 heterocycles. The van der Waals surface area contributed by atoms with Gasteiger partial charge in [-0.1, -0.05) is 6.92 Å². The van der Waals surface area contributed by atoms with Crippen LogP contribution in [0, 0.1) is 0 Å². The van der Waals surface area contributed by atoms with Gasteiger partial charge in [0, 0.05) is 24.6 Å². The van der Waals surface area contributed by atoms with Crippen molar-refractivity contribution in [1.82, 2.24) is 9.97 Å². The summed E-state index contributed by atoms with van der Waals surface area (Å²) in [6.45, 7) is 4.06. The van der Waals surface area contributed by atoms with E-state index in [4.69, 9.17) is 25.8 Å². The van der Waals surface area contributed by atoms with E-state index in [1.807, 2.05) is 6.07 Å². The largest absolute Gasteiger partial charge is 0.493 e. The summed E-state index contributed by atoms with van der Waals surface area (Å²) in [6.07, 6.45) is 0.999. The van der Waals surface area contributed by atoms with E-state index in [-0.39, 0.29) is 5.28 Å². The Morgan fingerprint density at radius 3 is 2.50 bits per heavy atom. The fraction of sp³-hybridized carbons (Fsp3) is 0.467. The van der Waals surface area contributed by atoms with Crippen LogP contribution in [-0.4, -0.2) is 43.9 Å². The van der Waals surface area contributed by atoms with Crippen molar-refractivity contribution >= 4 is 28.3 Å². The quantitative estimate of drug-likeness (QED) is 0.594. The summed E-state index contributed by atoms with van der Waals surface area (Å²) >= 11 is 5.99. The van der Waals surface area contributed by atoms with Crippen LogP contribution < -0.4 is 14.8 Å². The second kappa shape index (κ2) is 8.00. The minimum atomic E-state index is 0.177. The minimum Gasteiger partial charge on any atom is -0.493 e. The first kappa shape index (κ1) is 16.6. The molecule has 0 aliphatic rings. The molecule has 0 aliphatic heterocycles. The fourth-order valence-electron chi connectivity index (χ4n) is 2.05. The number of nitrogens with zero attached hydrogens (tertiary/aromatic N) is 2. The zero-order valence-corrected chi connectivity index (χ0v) is 13.7. The lowest BCUT2D eigenvalue weighted by atomic mass is 10.2. The lowest BCUT2D eigenvalue weighted by molar-refractivity contribution is 0.144. The first-order valence-electron chi connectivity index (χ1n) is 7.10. The molecule has 22 heavy (non-hydrogen) atoms. The highest BCUT2D eigenvalue weighted by molar-refractivity contribution is 6.28. The average molecular weight is 326 g/mol. The van der Waals surface area contributed by atoms with Gasteiger partial charge < -0.3 is 19.5 Å². The van der Waals surface area contributed by atoms with E-state index in [2.05, 4.69) is 22.2 Å². The van der Waals surface area contributed by atoms with E-state index in [0.717, 1.165) is 18.4 Å². The van der Waals surface area contributed by atoms with Crippen molar-refractivity contribution in [2.45, 2.75) is 13.3 Å². The molecule has 0 atom stereocenters. The molecule has 6 nitrogen and oxygen atoms in total. The van der Waals surface area contributed by atoms with Crippen molar-refractivity contribution in [3.63, 3.8) is 0 Å². The molecule has 1 N–H and O–H groups in total. The van der Waals surface area contributed by atoms with Crippen molar-refractivity contribution in [1.29, 1.82) is 0 Å². The number of hydrogen-bond donors (Lipinski definition) is 1. The van der Waals surface area contributed by atoms with Crippen LogP contribution in [0.1, 0.15) is 13.3 Å². The Balaban J connectivity index is 2.28. The molecule has 0 saturated carbocycles. The maximum atomic E-state index is 5.99. The Bertz CT molecular complexity index is 637. The predicted octanol–water partition coefficient (Wildman–Crippen LogP) is 3.14. The van der Waals surface area contributed by atoms with Crippen molar-refractivity contribution in [2.24, 2.45) is 0 Å². The number of hydrogen-bond acceptors (Lipinski definition) is 6. The number of ether oxygens (including phenoxy) is 3. The molecule has 0 amide bonds. The van der Waals surface area contributed by atoms with Gasteiger partial charge in [-0.05, 0) is 24.1 Å². The molecule has 2 rings (SSSR count). The van der Waals surface area contributed by atoms with Gasteiger partial charge in [0.25, 0.3) is 0 Å². The number of aromatic nitrogens is 2. The lowest BCUT2D eigenvalue weighted by Gasteiger charge is -2.12. The molecule has 1 aromatic carbocycles. The summed E-state index contributed by atoms with van der Waals surface area (Å²) < 4.78 is 16.0. The van der Waals surface area contributed by atoms with Gasteiger partial charge in [0.2, 0.25) is 5.28 Å². The van der Waals surface area contributed by atoms with E-state index in [1.165, 1.54) is 0 Å². The summed E-state index contributed by atoms with van der Waals surface area (Å²) in [4.78, 5) is 8.47.